The van der Waals surface area contributed by atoms with Crippen molar-refractivity contribution in [2.24, 2.45) is 4.99 Å². The number of para-hydroxylation sites is 1. The lowest BCUT2D eigenvalue weighted by atomic mass is 10.3. The average Bonchev–Trinajstić information content (AvgIpc) is 2.68. The summed E-state index contributed by atoms with van der Waals surface area (Å²) in [6.07, 6.45) is 0.992. The van der Waals surface area contributed by atoms with Crippen LogP contribution in [-0.4, -0.2) is 15.0 Å². The summed E-state index contributed by atoms with van der Waals surface area (Å²) in [7, 11) is -2.89. The summed E-state index contributed by atoms with van der Waals surface area (Å²) in [4.78, 5) is 27.2. The van der Waals surface area contributed by atoms with Gasteiger partial charge >= 0.3 is 0 Å². The van der Waals surface area contributed by atoms with Gasteiger partial charge < -0.3 is 0 Å². The van der Waals surface area contributed by atoms with E-state index in [1.54, 1.807) is 24.3 Å². The molecule has 0 saturated heterocycles. The van der Waals surface area contributed by atoms with Crippen molar-refractivity contribution in [2.45, 2.75) is 4.90 Å². The maximum absolute atomic E-state index is 11.7. The van der Waals surface area contributed by atoms with Gasteiger partial charge in [0.2, 0.25) is 0 Å². The van der Waals surface area contributed by atoms with Crippen LogP contribution in [0.2, 0.25) is 0 Å². The highest BCUT2D eigenvalue weighted by molar-refractivity contribution is 8.50. The number of aliphatic imine (C=N–C) groups is 1. The molecule has 0 saturated carbocycles. The van der Waals surface area contributed by atoms with Crippen molar-refractivity contribution in [3.05, 3.63) is 47.0 Å². The van der Waals surface area contributed by atoms with Crippen molar-refractivity contribution in [1.82, 2.24) is 0 Å². The lowest BCUT2D eigenvalue weighted by Crippen LogP contribution is -2.18. The topological polar surface area (TPSA) is 72.6 Å². The van der Waals surface area contributed by atoms with Crippen LogP contribution in [0.5, 0.6) is 0 Å². The van der Waals surface area contributed by atoms with Crippen LogP contribution in [0.15, 0.2) is 46.8 Å². The van der Waals surface area contributed by atoms with E-state index in [-0.39, 0.29) is 0 Å². The quantitative estimate of drug-likeness (QED) is 0.449. The largest absolute Gasteiger partial charge is 0.277 e. The average molecular weight is 236 g/mol. The molecule has 1 aromatic rings. The second-order valence-corrected chi connectivity index (χ2v) is 5.68. The zero-order valence-corrected chi connectivity index (χ0v) is 9.02. The summed E-state index contributed by atoms with van der Waals surface area (Å²) in [6, 6.07) is 6.61. The smallest absolute Gasteiger partial charge is 0.264 e. The second kappa shape index (κ2) is 3.57. The van der Waals surface area contributed by atoms with E-state index in [4.69, 9.17) is 0 Å². The van der Waals surface area contributed by atoms with Crippen LogP contribution in [-0.2, 0) is 4.79 Å². The Morgan fingerprint density at radius 2 is 2.19 bits per heavy atom. The number of hydrogen-bond acceptors (Lipinski definition) is 4. The molecule has 0 aliphatic carbocycles. The first kappa shape index (κ1) is 10.6. The van der Waals surface area contributed by atoms with Crippen molar-refractivity contribution in [3.8, 4) is 0 Å². The van der Waals surface area contributed by atoms with Gasteiger partial charge in [-0.25, -0.2) is 4.99 Å². The number of nitrogens with zero attached hydrogens (tertiary/aromatic N) is 2. The molecule has 1 unspecified atom stereocenters. The first-order valence-corrected chi connectivity index (χ1v) is 6.05. The molecule has 0 radical (unpaired) electrons. The van der Waals surface area contributed by atoms with Crippen molar-refractivity contribution in [3.63, 3.8) is 0 Å². The Labute approximate surface area is 93.1 Å². The highest BCUT2D eigenvalue weighted by atomic mass is 32.3. The minimum atomic E-state index is -2.89. The number of nitro groups is 1. The molecule has 5 nitrogen and oxygen atoms in total. The number of fused-ring (bicyclic) bond motifs is 1. The van der Waals surface area contributed by atoms with Crippen LogP contribution in [0.1, 0.15) is 0 Å². The monoisotopic (exact) mass is 236 g/mol. The summed E-state index contributed by atoms with van der Waals surface area (Å²) in [5.41, 5.74) is 1.64. The number of carbonyl (C=O) groups excluding carboxylic acids is 1. The van der Waals surface area contributed by atoms with Crippen LogP contribution >= 0.6 is 10.2 Å². The van der Waals surface area contributed by atoms with Gasteiger partial charge in [-0.05, 0) is 18.2 Å². The van der Waals surface area contributed by atoms with E-state index >= 15 is 0 Å². The van der Waals surface area contributed by atoms with Gasteiger partial charge in [-0.2, -0.15) is 0 Å². The Bertz CT molecular complexity index is 527. The second-order valence-electron chi connectivity index (χ2n) is 3.07. The molecule has 1 aliphatic heterocycles. The Hall–Kier alpha value is -1.95. The van der Waals surface area contributed by atoms with Gasteiger partial charge in [0.15, 0.2) is 10.2 Å². The summed E-state index contributed by atoms with van der Waals surface area (Å²) >= 11 is 0. The van der Waals surface area contributed by atoms with Crippen LogP contribution < -0.4 is 0 Å². The molecule has 2 rings (SSSR count). The normalized spacial score (nSPS) is 25.5. The predicted molar refractivity (Wildman–Crippen MR) is 62.6 cm³/mol. The lowest BCUT2D eigenvalue weighted by molar-refractivity contribution is -0.292. The third kappa shape index (κ3) is 1.20. The first-order valence-electron chi connectivity index (χ1n) is 4.40. The van der Waals surface area contributed by atoms with Gasteiger partial charge in [0, 0.05) is 0 Å². The van der Waals surface area contributed by atoms with Gasteiger partial charge in [-0.15, -0.1) is 0 Å². The van der Waals surface area contributed by atoms with E-state index < -0.39 is 19.7 Å². The summed E-state index contributed by atoms with van der Waals surface area (Å²) in [5.74, 6) is 0. The Balaban J connectivity index is 2.70. The number of benzene rings is 1. The summed E-state index contributed by atoms with van der Waals surface area (Å²) < 4.78 is -0.549. The maximum atomic E-state index is 11.7. The maximum Gasteiger partial charge on any atom is 0.264 e. The summed E-state index contributed by atoms with van der Waals surface area (Å²) in [5, 5.41) is 10.6. The van der Waals surface area contributed by atoms with E-state index in [1.165, 1.54) is 0 Å². The van der Waals surface area contributed by atoms with E-state index in [0.717, 1.165) is 11.6 Å². The zero-order valence-electron chi connectivity index (χ0n) is 8.20. The zero-order chi connectivity index (χ0) is 11.8. The van der Waals surface area contributed by atoms with E-state index in [0.29, 0.717) is 10.6 Å². The minimum absolute atomic E-state index is 0.380. The van der Waals surface area contributed by atoms with Crippen molar-refractivity contribution < 1.29 is 9.12 Å². The van der Waals surface area contributed by atoms with Gasteiger partial charge in [-0.1, -0.05) is 18.7 Å². The third-order valence-corrected chi connectivity index (χ3v) is 4.93. The molecule has 1 aliphatic rings. The molecule has 0 N–H and O–H groups in total. The molecular weight excluding hydrogens is 228 g/mol. The van der Waals surface area contributed by atoms with Gasteiger partial charge in [-0.3, -0.25) is 14.9 Å². The number of rotatable bonds is 2. The molecule has 0 bridgehead atoms. The molecule has 0 spiro atoms. The Kier molecular flexibility index (Phi) is 2.35. The molecule has 0 aromatic heterocycles. The van der Waals surface area contributed by atoms with Crippen LogP contribution in [0.3, 0.4) is 0 Å². The molecule has 16 heavy (non-hydrogen) atoms. The van der Waals surface area contributed by atoms with Gasteiger partial charge in [0.1, 0.15) is 5.55 Å². The first-order chi connectivity index (χ1) is 7.63. The predicted octanol–water partition coefficient (Wildman–Crippen LogP) is 2.43. The van der Waals surface area contributed by atoms with Crippen molar-refractivity contribution in [1.29, 1.82) is 0 Å². The molecular formula is C10H8N2O3S. The van der Waals surface area contributed by atoms with Gasteiger partial charge in [0.25, 0.3) is 5.12 Å². The summed E-state index contributed by atoms with van der Waals surface area (Å²) in [6.45, 7) is 3.31. The highest BCUT2D eigenvalue weighted by Gasteiger charge is 2.48. The van der Waals surface area contributed by atoms with E-state index in [1.807, 2.05) is 0 Å². The fraction of sp³-hybridized carbons (Fsp3) is 0. The van der Waals surface area contributed by atoms with E-state index in [9.17, 15) is 14.9 Å². The standard InChI is InChI=1S/C10H8N2O3S/c1-2-10(13)16(12(14)15)7-11-8-5-3-4-6-9(8)16/h2-7H,1H2. The minimum Gasteiger partial charge on any atom is -0.277 e. The number of hydrogen-bond donors (Lipinski definition) is 0. The van der Waals surface area contributed by atoms with Crippen LogP contribution in [0.4, 0.5) is 5.69 Å². The van der Waals surface area contributed by atoms with Crippen molar-refractivity contribution in [2.75, 3.05) is 0 Å². The Morgan fingerprint density at radius 1 is 1.50 bits per heavy atom. The third-order valence-electron chi connectivity index (χ3n) is 2.25. The molecule has 0 fully saturated rings. The van der Waals surface area contributed by atoms with Crippen molar-refractivity contribution >= 4 is 26.6 Å². The SMILES string of the molecule is C=CC(=O)S1([N+](=O)[O-])C=Nc2ccccc21. The van der Waals surface area contributed by atoms with Crippen LogP contribution in [0, 0.1) is 10.1 Å². The molecule has 1 aromatic carbocycles. The lowest BCUT2D eigenvalue weighted by Gasteiger charge is -2.19. The fourth-order valence-electron chi connectivity index (χ4n) is 1.50. The molecule has 1 atom stereocenters. The molecule has 1 heterocycles. The molecule has 82 valence electrons. The van der Waals surface area contributed by atoms with Crippen LogP contribution in [0.25, 0.3) is 0 Å². The van der Waals surface area contributed by atoms with Gasteiger partial charge in [0.05, 0.1) is 14.9 Å². The molecule has 0 amide bonds. The molecule has 6 heteroatoms. The Morgan fingerprint density at radius 3 is 2.81 bits per heavy atom. The fourth-order valence-corrected chi connectivity index (χ4v) is 3.56. The number of carbonyl (C=O) groups is 1. The van der Waals surface area contributed by atoms with E-state index in [2.05, 4.69) is 11.6 Å². The highest BCUT2D eigenvalue weighted by Crippen LogP contribution is 2.61.